The molecule has 0 unspecified atom stereocenters. The van der Waals surface area contributed by atoms with Crippen LogP contribution in [0, 0.1) is 5.41 Å². The van der Waals surface area contributed by atoms with Crippen LogP contribution in [0.1, 0.15) is 44.1 Å². The van der Waals surface area contributed by atoms with Crippen molar-refractivity contribution in [2.75, 3.05) is 0 Å². The van der Waals surface area contributed by atoms with Gasteiger partial charge in [-0.05, 0) is 12.0 Å². The molecule has 0 aromatic carbocycles. The van der Waals surface area contributed by atoms with Gasteiger partial charge in [-0.1, -0.05) is 39.8 Å². The summed E-state index contributed by atoms with van der Waals surface area (Å²) in [6.45, 7) is 8.80. The van der Waals surface area contributed by atoms with Crippen LogP contribution in [0.2, 0.25) is 0 Å². The van der Waals surface area contributed by atoms with E-state index < -0.39 is 0 Å². The molecule has 1 aromatic heterocycles. The van der Waals surface area contributed by atoms with Crippen LogP contribution in [0.25, 0.3) is 6.08 Å². The number of hydrogen-bond acceptors (Lipinski definition) is 2. The second-order valence-electron chi connectivity index (χ2n) is 4.98. The molecule has 2 heterocycles. The zero-order valence-electron chi connectivity index (χ0n) is 9.74. The Balaban J connectivity index is 2.42. The average Bonchev–Trinajstić information content (AvgIpc) is 2.50. The maximum Gasteiger partial charge on any atom is 0.123 e. The van der Waals surface area contributed by atoms with E-state index in [1.54, 1.807) is 0 Å². The third-order valence-corrected chi connectivity index (χ3v) is 3.89. The summed E-state index contributed by atoms with van der Waals surface area (Å²) in [5, 5.41) is 1.15. The molecular formula is C13H17NS. The summed E-state index contributed by atoms with van der Waals surface area (Å²) in [7, 11) is 0. The Labute approximate surface area is 95.6 Å². The summed E-state index contributed by atoms with van der Waals surface area (Å²) in [4.78, 5) is 5.99. The van der Waals surface area contributed by atoms with E-state index in [9.17, 15) is 0 Å². The van der Waals surface area contributed by atoms with Gasteiger partial charge in [0.15, 0.2) is 0 Å². The highest BCUT2D eigenvalue weighted by Gasteiger charge is 2.16. The monoisotopic (exact) mass is 219 g/mol. The summed E-state index contributed by atoms with van der Waals surface area (Å²) in [5.74, 6) is 0.596. The van der Waals surface area contributed by atoms with Crippen LogP contribution < -0.4 is 0 Å². The standard InChI is InChI=1S/C13H17NS/c1-9(2)11-7-10-5-6-13(3,4)8-14-12(10)15-11/h5-9H,1-4H3. The molecule has 1 aromatic rings. The molecule has 15 heavy (non-hydrogen) atoms. The number of thiophene rings is 1. The minimum atomic E-state index is 0.0801. The van der Waals surface area contributed by atoms with Gasteiger partial charge in [0.25, 0.3) is 0 Å². The highest BCUT2D eigenvalue weighted by Crippen LogP contribution is 2.38. The van der Waals surface area contributed by atoms with Crippen LogP contribution in [0.3, 0.4) is 0 Å². The van der Waals surface area contributed by atoms with E-state index in [4.69, 9.17) is 0 Å². The van der Waals surface area contributed by atoms with Gasteiger partial charge in [0, 0.05) is 22.1 Å². The first-order chi connectivity index (χ1) is 6.98. The third-order valence-electron chi connectivity index (χ3n) is 2.54. The predicted octanol–water partition coefficient (Wildman–Crippen LogP) is 4.63. The zero-order chi connectivity index (χ0) is 11.1. The van der Waals surface area contributed by atoms with Crippen LogP contribution >= 0.6 is 11.3 Å². The largest absolute Gasteiger partial charge is 0.249 e. The first-order valence-corrected chi connectivity index (χ1v) is 6.18. The second-order valence-corrected chi connectivity index (χ2v) is 6.04. The Bertz CT molecular complexity index is 388. The van der Waals surface area contributed by atoms with E-state index in [-0.39, 0.29) is 5.41 Å². The van der Waals surface area contributed by atoms with E-state index in [1.165, 1.54) is 10.4 Å². The number of nitrogens with zero attached hydrogens (tertiary/aromatic N) is 1. The molecule has 0 atom stereocenters. The van der Waals surface area contributed by atoms with E-state index in [2.05, 4.69) is 50.9 Å². The minimum Gasteiger partial charge on any atom is -0.249 e. The molecule has 0 saturated carbocycles. The van der Waals surface area contributed by atoms with Gasteiger partial charge in [-0.15, -0.1) is 11.3 Å². The van der Waals surface area contributed by atoms with Gasteiger partial charge in [-0.25, -0.2) is 4.99 Å². The molecular weight excluding hydrogens is 202 g/mol. The van der Waals surface area contributed by atoms with Gasteiger partial charge >= 0.3 is 0 Å². The van der Waals surface area contributed by atoms with Crippen molar-refractivity contribution in [1.82, 2.24) is 0 Å². The molecule has 2 rings (SSSR count). The number of allylic oxidation sites excluding steroid dienone is 1. The molecule has 0 spiro atoms. The first-order valence-electron chi connectivity index (χ1n) is 5.36. The Kier molecular flexibility index (Phi) is 2.55. The van der Waals surface area contributed by atoms with Crippen LogP contribution in [0.15, 0.2) is 17.1 Å². The molecule has 0 aliphatic carbocycles. The molecule has 2 heteroatoms. The smallest absolute Gasteiger partial charge is 0.123 e. The van der Waals surface area contributed by atoms with Gasteiger partial charge in [0.1, 0.15) is 5.00 Å². The first kappa shape index (κ1) is 10.6. The van der Waals surface area contributed by atoms with E-state index >= 15 is 0 Å². The molecule has 0 radical (unpaired) electrons. The lowest BCUT2D eigenvalue weighted by Crippen LogP contribution is -2.07. The summed E-state index contributed by atoms with van der Waals surface area (Å²) in [6.07, 6.45) is 6.46. The normalized spacial score (nSPS) is 17.9. The number of rotatable bonds is 1. The van der Waals surface area contributed by atoms with Gasteiger partial charge in [-0.2, -0.15) is 0 Å². The van der Waals surface area contributed by atoms with Gasteiger partial charge in [0.2, 0.25) is 0 Å². The number of aliphatic imine (C=N–C) groups is 1. The summed E-state index contributed by atoms with van der Waals surface area (Å²) in [6, 6.07) is 2.26. The lowest BCUT2D eigenvalue weighted by atomic mass is 9.95. The molecule has 1 aliphatic rings. The average molecular weight is 219 g/mol. The molecule has 0 saturated heterocycles. The number of fused-ring (bicyclic) bond motifs is 1. The molecule has 0 bridgehead atoms. The number of hydrogen-bond donors (Lipinski definition) is 0. The fraction of sp³-hybridized carbons (Fsp3) is 0.462. The Morgan fingerprint density at radius 1 is 1.33 bits per heavy atom. The zero-order valence-corrected chi connectivity index (χ0v) is 10.6. The van der Waals surface area contributed by atoms with Crippen LogP contribution in [-0.2, 0) is 0 Å². The van der Waals surface area contributed by atoms with Crippen LogP contribution in [-0.4, -0.2) is 6.21 Å². The molecule has 1 aliphatic heterocycles. The lowest BCUT2D eigenvalue weighted by molar-refractivity contribution is 0.699. The van der Waals surface area contributed by atoms with Crippen LogP contribution in [0.5, 0.6) is 0 Å². The van der Waals surface area contributed by atoms with Crippen molar-refractivity contribution in [3.8, 4) is 0 Å². The highest BCUT2D eigenvalue weighted by molar-refractivity contribution is 7.16. The van der Waals surface area contributed by atoms with Crippen molar-refractivity contribution in [2.45, 2.75) is 33.6 Å². The lowest BCUT2D eigenvalue weighted by Gasteiger charge is -2.10. The van der Waals surface area contributed by atoms with Crippen molar-refractivity contribution in [3.63, 3.8) is 0 Å². The third kappa shape index (κ3) is 2.20. The second kappa shape index (κ2) is 3.60. The van der Waals surface area contributed by atoms with Gasteiger partial charge in [-0.3, -0.25) is 0 Å². The topological polar surface area (TPSA) is 12.4 Å². The van der Waals surface area contributed by atoms with Crippen molar-refractivity contribution in [1.29, 1.82) is 0 Å². The Morgan fingerprint density at radius 2 is 2.07 bits per heavy atom. The SMILES string of the molecule is CC(C)c1cc2c(s1)N=CC(C)(C)C=C2. The molecule has 80 valence electrons. The summed E-state index contributed by atoms with van der Waals surface area (Å²) in [5.41, 5.74) is 1.35. The summed E-state index contributed by atoms with van der Waals surface area (Å²) >= 11 is 1.81. The fourth-order valence-corrected chi connectivity index (χ4v) is 2.49. The van der Waals surface area contributed by atoms with Crippen molar-refractivity contribution in [2.24, 2.45) is 10.4 Å². The molecule has 0 N–H and O–H groups in total. The van der Waals surface area contributed by atoms with E-state index in [1.807, 2.05) is 17.6 Å². The molecule has 0 amide bonds. The van der Waals surface area contributed by atoms with Crippen LogP contribution in [0.4, 0.5) is 5.00 Å². The predicted molar refractivity (Wildman–Crippen MR) is 69.4 cm³/mol. The fourth-order valence-electron chi connectivity index (χ4n) is 1.49. The maximum atomic E-state index is 4.57. The highest BCUT2D eigenvalue weighted by atomic mass is 32.1. The minimum absolute atomic E-state index is 0.0801. The van der Waals surface area contributed by atoms with Gasteiger partial charge < -0.3 is 0 Å². The quantitative estimate of drug-likeness (QED) is 0.653. The molecule has 0 fully saturated rings. The van der Waals surface area contributed by atoms with E-state index in [0.29, 0.717) is 5.92 Å². The van der Waals surface area contributed by atoms with Crippen molar-refractivity contribution < 1.29 is 0 Å². The van der Waals surface area contributed by atoms with E-state index in [0.717, 1.165) is 5.00 Å². The molecule has 1 nitrogen and oxygen atoms in total. The van der Waals surface area contributed by atoms with Gasteiger partial charge in [0.05, 0.1) is 0 Å². The van der Waals surface area contributed by atoms with Crippen molar-refractivity contribution in [3.05, 3.63) is 22.6 Å². The van der Waals surface area contributed by atoms with Crippen molar-refractivity contribution >= 4 is 28.6 Å². The Morgan fingerprint density at radius 3 is 2.73 bits per heavy atom. The maximum absolute atomic E-state index is 4.57. The summed E-state index contributed by atoms with van der Waals surface area (Å²) < 4.78 is 0. The Hall–Kier alpha value is -0.890.